The van der Waals surface area contributed by atoms with Crippen LogP contribution in [0.15, 0.2) is 30.3 Å². The van der Waals surface area contributed by atoms with Crippen LogP contribution in [0, 0.1) is 11.8 Å². The molecule has 3 aliphatic heterocycles. The minimum Gasteiger partial charge on any atom is -0.341 e. The number of benzene rings is 1. The second kappa shape index (κ2) is 8.23. The molecule has 7 heteroatoms. The number of nitrogens with zero attached hydrogens (tertiary/aromatic N) is 2. The molecule has 29 heavy (non-hydrogen) atoms. The lowest BCUT2D eigenvalue weighted by atomic mass is 9.88. The van der Waals surface area contributed by atoms with E-state index in [4.69, 9.17) is 0 Å². The lowest BCUT2D eigenvalue weighted by Gasteiger charge is -2.46. The summed E-state index contributed by atoms with van der Waals surface area (Å²) in [5, 5.41) is 29.6. The van der Waals surface area contributed by atoms with E-state index in [0.29, 0.717) is 18.0 Å². The lowest BCUT2D eigenvalue weighted by molar-refractivity contribution is -0.346. The van der Waals surface area contributed by atoms with Gasteiger partial charge >= 0.3 is 5.97 Å². The van der Waals surface area contributed by atoms with Gasteiger partial charge in [0.25, 0.3) is 0 Å². The molecule has 0 spiro atoms. The van der Waals surface area contributed by atoms with Crippen molar-refractivity contribution in [1.82, 2.24) is 20.7 Å². The molecule has 7 nitrogen and oxygen atoms in total. The highest BCUT2D eigenvalue weighted by Gasteiger charge is 2.54. The van der Waals surface area contributed by atoms with Crippen molar-refractivity contribution in [2.75, 3.05) is 6.54 Å². The number of aliphatic hydroxyl groups is 3. The maximum absolute atomic E-state index is 9.85. The second-order valence-electron chi connectivity index (χ2n) is 9.40. The fourth-order valence-corrected chi connectivity index (χ4v) is 6.17. The monoisotopic (exact) mass is 404 g/mol. The van der Waals surface area contributed by atoms with E-state index < -0.39 is 12.1 Å². The molecule has 0 amide bonds. The molecule has 7 atom stereocenters. The molecule has 5 N–H and O–H groups in total. The molecule has 162 valence electrons. The van der Waals surface area contributed by atoms with E-state index in [2.05, 4.69) is 66.9 Å². The highest BCUT2D eigenvalue weighted by Crippen LogP contribution is 2.42. The zero-order chi connectivity index (χ0) is 20.8. The zero-order valence-corrected chi connectivity index (χ0v) is 17.7. The first-order chi connectivity index (χ1) is 13.8. The van der Waals surface area contributed by atoms with Crippen molar-refractivity contribution in [3.8, 4) is 0 Å². The molecule has 0 saturated carbocycles. The number of nitrogens with one attached hydrogen (secondary N) is 2. The number of rotatable bonds is 5. The first-order valence-electron chi connectivity index (χ1n) is 11.0. The molecule has 1 aromatic rings. The average molecular weight is 405 g/mol. The third-order valence-corrected chi connectivity index (χ3v) is 7.32. The summed E-state index contributed by atoms with van der Waals surface area (Å²) in [6.07, 6.45) is 3.35. The van der Waals surface area contributed by atoms with Crippen molar-refractivity contribution >= 4 is 0 Å². The van der Waals surface area contributed by atoms with Gasteiger partial charge in [-0.05, 0) is 50.6 Å². The molecule has 0 aromatic heterocycles. The van der Waals surface area contributed by atoms with Crippen LogP contribution in [-0.2, 0) is 6.42 Å². The molecule has 3 heterocycles. The maximum atomic E-state index is 9.85. The highest BCUT2D eigenvalue weighted by molar-refractivity contribution is 5.14. The van der Waals surface area contributed by atoms with Crippen LogP contribution >= 0.6 is 0 Å². The normalized spacial score (nSPS) is 38.6. The Morgan fingerprint density at radius 3 is 2.45 bits per heavy atom. The van der Waals surface area contributed by atoms with Crippen LogP contribution in [0.3, 0.4) is 0 Å². The summed E-state index contributed by atoms with van der Waals surface area (Å²) >= 11 is 0. The van der Waals surface area contributed by atoms with Crippen molar-refractivity contribution < 1.29 is 15.3 Å². The molecular weight excluding hydrogens is 368 g/mol. The van der Waals surface area contributed by atoms with Gasteiger partial charge in [-0.3, -0.25) is 9.80 Å². The first-order valence-corrected chi connectivity index (χ1v) is 11.0. The van der Waals surface area contributed by atoms with Gasteiger partial charge in [0, 0.05) is 24.0 Å². The van der Waals surface area contributed by atoms with Gasteiger partial charge in [0.1, 0.15) is 0 Å². The number of aryl methyl sites for hydroxylation is 1. The van der Waals surface area contributed by atoms with Crippen LogP contribution in [0.5, 0.6) is 0 Å². The quantitative estimate of drug-likeness (QED) is 0.464. The minimum absolute atomic E-state index is 0.0658. The molecule has 4 rings (SSSR count). The number of hydrazine groups is 1. The van der Waals surface area contributed by atoms with Gasteiger partial charge in [0.15, 0.2) is 6.17 Å². The second-order valence-corrected chi connectivity index (χ2v) is 9.40. The zero-order valence-electron chi connectivity index (χ0n) is 17.7. The van der Waals surface area contributed by atoms with Crippen molar-refractivity contribution in [2.45, 2.75) is 82.9 Å². The van der Waals surface area contributed by atoms with Crippen molar-refractivity contribution in [3.05, 3.63) is 35.9 Å². The van der Waals surface area contributed by atoms with Gasteiger partial charge in [-0.15, -0.1) is 0 Å². The summed E-state index contributed by atoms with van der Waals surface area (Å²) in [6, 6.07) is 11.7. The smallest absolute Gasteiger partial charge is 0.307 e. The minimum atomic E-state index is -2.78. The Labute approximate surface area is 173 Å². The molecular formula is C22H36N4O3. The van der Waals surface area contributed by atoms with Gasteiger partial charge in [-0.25, -0.2) is 10.9 Å². The van der Waals surface area contributed by atoms with Crippen molar-refractivity contribution in [2.24, 2.45) is 11.8 Å². The summed E-state index contributed by atoms with van der Waals surface area (Å²) in [5.74, 6) is -1.93. The molecule has 0 aliphatic carbocycles. The fraction of sp³-hybridized carbons (Fsp3) is 0.727. The SMILES string of the molecule is CC1CC2CC(C)N3C(NNC3C(O)(O)O)C(C)C1N2CCCc1ccccc1. The van der Waals surface area contributed by atoms with Crippen LogP contribution in [-0.4, -0.2) is 68.1 Å². The van der Waals surface area contributed by atoms with E-state index in [-0.39, 0.29) is 18.1 Å². The Morgan fingerprint density at radius 1 is 1.03 bits per heavy atom. The standard InChI is InChI=1S/C22H36N4O3/c1-14-12-18-13-15(2)26-20(23-24-21(26)22(27,28)29)16(3)19(14)25(18)11-7-10-17-8-5-4-6-9-17/h4-6,8-9,14-16,18-21,23-24,27-29H,7,10-13H2,1-3H3. The molecule has 3 aliphatic rings. The number of hydrogen-bond acceptors (Lipinski definition) is 7. The fourth-order valence-electron chi connectivity index (χ4n) is 6.17. The van der Waals surface area contributed by atoms with Crippen LogP contribution < -0.4 is 10.9 Å². The molecule has 0 radical (unpaired) electrons. The van der Waals surface area contributed by atoms with Crippen LogP contribution in [0.4, 0.5) is 0 Å². The Balaban J connectivity index is 1.51. The lowest BCUT2D eigenvalue weighted by Crippen LogP contribution is -2.62. The molecule has 3 saturated heterocycles. The predicted molar refractivity (Wildman–Crippen MR) is 111 cm³/mol. The Hall–Kier alpha value is -1.06. The Bertz CT molecular complexity index is 682. The average Bonchev–Trinajstić information content (AvgIpc) is 3.24. The summed E-state index contributed by atoms with van der Waals surface area (Å²) < 4.78 is 0. The molecule has 7 unspecified atom stereocenters. The highest BCUT2D eigenvalue weighted by atomic mass is 16.7. The van der Waals surface area contributed by atoms with E-state index in [1.165, 1.54) is 12.0 Å². The third-order valence-electron chi connectivity index (χ3n) is 7.32. The number of hydrogen-bond donors (Lipinski definition) is 5. The van der Waals surface area contributed by atoms with Crippen molar-refractivity contribution in [1.29, 1.82) is 0 Å². The van der Waals surface area contributed by atoms with E-state index in [0.717, 1.165) is 25.8 Å². The third kappa shape index (κ3) is 4.10. The van der Waals surface area contributed by atoms with Gasteiger partial charge in [0.2, 0.25) is 0 Å². The van der Waals surface area contributed by atoms with Crippen LogP contribution in [0.1, 0.15) is 45.6 Å². The molecule has 2 bridgehead atoms. The number of fused-ring (bicyclic) bond motifs is 3. The molecule has 1 aromatic carbocycles. The Kier molecular flexibility index (Phi) is 6.01. The van der Waals surface area contributed by atoms with E-state index >= 15 is 0 Å². The molecule has 3 fully saturated rings. The summed E-state index contributed by atoms with van der Waals surface area (Å²) in [5.41, 5.74) is 7.55. The van der Waals surface area contributed by atoms with Gasteiger partial charge in [-0.2, -0.15) is 0 Å². The summed E-state index contributed by atoms with van der Waals surface area (Å²) in [6.45, 7) is 7.80. The van der Waals surface area contributed by atoms with E-state index in [9.17, 15) is 15.3 Å². The van der Waals surface area contributed by atoms with Gasteiger partial charge in [0.05, 0.1) is 6.17 Å². The predicted octanol–water partition coefficient (Wildman–Crippen LogP) is 0.819. The van der Waals surface area contributed by atoms with Crippen LogP contribution in [0.2, 0.25) is 0 Å². The topological polar surface area (TPSA) is 91.2 Å². The Morgan fingerprint density at radius 2 is 1.76 bits per heavy atom. The first kappa shape index (κ1) is 21.2. The van der Waals surface area contributed by atoms with E-state index in [1.807, 2.05) is 4.90 Å². The largest absolute Gasteiger partial charge is 0.341 e. The van der Waals surface area contributed by atoms with Crippen molar-refractivity contribution in [3.63, 3.8) is 0 Å². The summed E-state index contributed by atoms with van der Waals surface area (Å²) in [7, 11) is 0. The van der Waals surface area contributed by atoms with Crippen LogP contribution in [0.25, 0.3) is 0 Å². The van der Waals surface area contributed by atoms with Gasteiger partial charge in [-0.1, -0.05) is 44.2 Å². The van der Waals surface area contributed by atoms with Gasteiger partial charge < -0.3 is 15.3 Å². The maximum Gasteiger partial charge on any atom is 0.307 e. The summed E-state index contributed by atoms with van der Waals surface area (Å²) in [4.78, 5) is 4.73. The van der Waals surface area contributed by atoms with E-state index in [1.54, 1.807) is 0 Å².